The van der Waals surface area contributed by atoms with E-state index in [4.69, 9.17) is 0 Å². The number of hydrogen-bond donors (Lipinski definition) is 1. The number of hydrogen-bond acceptors (Lipinski definition) is 3. The normalized spacial score (nSPS) is 24.1. The van der Waals surface area contributed by atoms with Crippen LogP contribution in [0.4, 0.5) is 10.1 Å². The third kappa shape index (κ3) is 2.96. The van der Waals surface area contributed by atoms with Gasteiger partial charge < -0.3 is 15.1 Å². The van der Waals surface area contributed by atoms with Crippen molar-refractivity contribution >= 4 is 5.69 Å². The Morgan fingerprint density at radius 3 is 2.80 bits per heavy atom. The molecule has 0 bridgehead atoms. The van der Waals surface area contributed by atoms with Crippen molar-refractivity contribution in [1.29, 1.82) is 0 Å². The highest BCUT2D eigenvalue weighted by molar-refractivity contribution is 5.56. The van der Waals surface area contributed by atoms with Crippen molar-refractivity contribution in [3.63, 3.8) is 0 Å². The molecule has 1 saturated heterocycles. The molecule has 0 spiro atoms. The molecule has 1 N–H and O–H groups in total. The van der Waals surface area contributed by atoms with E-state index in [1.165, 1.54) is 12.8 Å². The minimum Gasteiger partial charge on any atom is -0.364 e. The van der Waals surface area contributed by atoms with E-state index in [2.05, 4.69) is 35.2 Å². The summed E-state index contributed by atoms with van der Waals surface area (Å²) < 4.78 is 14.4. The van der Waals surface area contributed by atoms with Crippen LogP contribution in [-0.2, 0) is 6.54 Å². The van der Waals surface area contributed by atoms with Gasteiger partial charge in [0.15, 0.2) is 0 Å². The number of anilines is 1. The predicted octanol–water partition coefficient (Wildman–Crippen LogP) is 2.22. The van der Waals surface area contributed by atoms with Crippen LogP contribution in [0, 0.1) is 5.82 Å². The minimum absolute atomic E-state index is 0.0866. The summed E-state index contributed by atoms with van der Waals surface area (Å²) in [6.45, 7) is 5.84. The van der Waals surface area contributed by atoms with Crippen LogP contribution in [0.5, 0.6) is 0 Å². The molecule has 0 radical (unpaired) electrons. The Balaban J connectivity index is 1.82. The van der Waals surface area contributed by atoms with Gasteiger partial charge >= 0.3 is 0 Å². The molecule has 110 valence electrons. The largest absolute Gasteiger partial charge is 0.364 e. The van der Waals surface area contributed by atoms with Crippen molar-refractivity contribution in [2.24, 2.45) is 0 Å². The van der Waals surface area contributed by atoms with Crippen molar-refractivity contribution in [2.45, 2.75) is 38.4 Å². The molecule has 1 aliphatic carbocycles. The molecular weight excluding hydrogens is 253 g/mol. The fourth-order valence-corrected chi connectivity index (χ4v) is 3.04. The van der Waals surface area contributed by atoms with E-state index in [0.717, 1.165) is 37.4 Å². The summed E-state index contributed by atoms with van der Waals surface area (Å²) in [6, 6.07) is 6.46. The lowest BCUT2D eigenvalue weighted by Gasteiger charge is -2.40. The third-order valence-corrected chi connectivity index (χ3v) is 4.35. The molecule has 1 saturated carbocycles. The van der Waals surface area contributed by atoms with E-state index in [1.54, 1.807) is 6.07 Å². The molecule has 3 nitrogen and oxygen atoms in total. The Kier molecular flexibility index (Phi) is 3.94. The van der Waals surface area contributed by atoms with Crippen LogP contribution < -0.4 is 10.2 Å². The second-order valence-electron chi connectivity index (χ2n) is 6.21. The molecule has 3 rings (SSSR count). The topological polar surface area (TPSA) is 18.5 Å². The molecule has 1 unspecified atom stereocenters. The summed E-state index contributed by atoms with van der Waals surface area (Å²) in [7, 11) is 2.13. The van der Waals surface area contributed by atoms with Crippen LogP contribution in [-0.4, -0.2) is 43.7 Å². The number of rotatable bonds is 4. The molecule has 20 heavy (non-hydrogen) atoms. The van der Waals surface area contributed by atoms with E-state index >= 15 is 0 Å². The first kappa shape index (κ1) is 13.8. The van der Waals surface area contributed by atoms with Crippen LogP contribution in [0.3, 0.4) is 0 Å². The van der Waals surface area contributed by atoms with E-state index in [9.17, 15) is 4.39 Å². The summed E-state index contributed by atoms with van der Waals surface area (Å²) in [6.07, 6.45) is 2.52. The summed E-state index contributed by atoms with van der Waals surface area (Å²) in [4.78, 5) is 4.55. The van der Waals surface area contributed by atoms with Gasteiger partial charge in [-0.1, -0.05) is 12.1 Å². The highest BCUT2D eigenvalue weighted by Crippen LogP contribution is 2.29. The van der Waals surface area contributed by atoms with Gasteiger partial charge in [-0.3, -0.25) is 0 Å². The number of benzene rings is 1. The van der Waals surface area contributed by atoms with Gasteiger partial charge in [0.05, 0.1) is 5.69 Å². The Hall–Kier alpha value is -1.13. The second-order valence-corrected chi connectivity index (χ2v) is 6.21. The second kappa shape index (κ2) is 5.70. The van der Waals surface area contributed by atoms with Crippen molar-refractivity contribution in [3.05, 3.63) is 29.6 Å². The van der Waals surface area contributed by atoms with Crippen LogP contribution in [0.2, 0.25) is 0 Å². The molecule has 1 atom stereocenters. The predicted molar refractivity (Wildman–Crippen MR) is 80.6 cm³/mol. The van der Waals surface area contributed by atoms with Crippen LogP contribution in [0.25, 0.3) is 0 Å². The lowest BCUT2D eigenvalue weighted by atomic mass is 10.1. The smallest absolute Gasteiger partial charge is 0.146 e. The number of piperazine rings is 1. The maximum atomic E-state index is 14.4. The first-order valence-corrected chi connectivity index (χ1v) is 7.61. The molecule has 1 aromatic rings. The molecule has 2 aliphatic rings. The number of nitrogens with one attached hydrogen (secondary N) is 1. The van der Waals surface area contributed by atoms with Gasteiger partial charge in [0.25, 0.3) is 0 Å². The quantitative estimate of drug-likeness (QED) is 0.910. The lowest BCUT2D eigenvalue weighted by Crippen LogP contribution is -2.51. The number of likely N-dealkylation sites (N-methyl/N-ethyl adjacent to an activating group) is 1. The molecule has 1 aromatic carbocycles. The van der Waals surface area contributed by atoms with E-state index in [0.29, 0.717) is 12.1 Å². The summed E-state index contributed by atoms with van der Waals surface area (Å²) in [5, 5.41) is 3.50. The van der Waals surface area contributed by atoms with Crippen molar-refractivity contribution < 1.29 is 4.39 Å². The number of nitrogens with zero attached hydrogens (tertiary/aromatic N) is 2. The molecule has 0 amide bonds. The van der Waals surface area contributed by atoms with Gasteiger partial charge in [0.1, 0.15) is 5.82 Å². The maximum Gasteiger partial charge on any atom is 0.146 e. The molecule has 1 aliphatic heterocycles. The Morgan fingerprint density at radius 1 is 1.30 bits per heavy atom. The van der Waals surface area contributed by atoms with Gasteiger partial charge in [-0.05, 0) is 38.4 Å². The highest BCUT2D eigenvalue weighted by atomic mass is 19.1. The Labute approximate surface area is 120 Å². The lowest BCUT2D eigenvalue weighted by molar-refractivity contribution is 0.274. The zero-order chi connectivity index (χ0) is 14.1. The van der Waals surface area contributed by atoms with Crippen LogP contribution in [0.1, 0.15) is 25.3 Å². The minimum atomic E-state index is -0.0866. The first-order chi connectivity index (χ1) is 9.65. The summed E-state index contributed by atoms with van der Waals surface area (Å²) in [5.74, 6) is -0.0866. The molecule has 4 heteroatoms. The van der Waals surface area contributed by atoms with Crippen LogP contribution >= 0.6 is 0 Å². The van der Waals surface area contributed by atoms with Crippen molar-refractivity contribution in [3.8, 4) is 0 Å². The fourth-order valence-electron chi connectivity index (χ4n) is 3.04. The average Bonchev–Trinajstić information content (AvgIpc) is 3.22. The zero-order valence-electron chi connectivity index (χ0n) is 12.4. The standard InChI is InChI=1S/C16H24FN3/c1-12-11-19(2)8-9-20(12)16-13(4-3-5-15(16)17)10-18-14-6-7-14/h3-5,12,14,18H,6-11H2,1-2H3. The van der Waals surface area contributed by atoms with E-state index < -0.39 is 0 Å². The van der Waals surface area contributed by atoms with Gasteiger partial charge in [-0.15, -0.1) is 0 Å². The van der Waals surface area contributed by atoms with Gasteiger partial charge in [-0.25, -0.2) is 4.39 Å². The number of para-hydroxylation sites is 1. The van der Waals surface area contributed by atoms with Crippen molar-refractivity contribution in [2.75, 3.05) is 31.6 Å². The molecule has 1 heterocycles. The van der Waals surface area contributed by atoms with Crippen molar-refractivity contribution in [1.82, 2.24) is 10.2 Å². The number of halogens is 1. The first-order valence-electron chi connectivity index (χ1n) is 7.61. The Morgan fingerprint density at radius 2 is 2.10 bits per heavy atom. The van der Waals surface area contributed by atoms with Crippen LogP contribution in [0.15, 0.2) is 18.2 Å². The maximum absolute atomic E-state index is 14.4. The van der Waals surface area contributed by atoms with Gasteiger partial charge in [0, 0.05) is 38.3 Å². The third-order valence-electron chi connectivity index (χ3n) is 4.35. The zero-order valence-corrected chi connectivity index (χ0v) is 12.4. The summed E-state index contributed by atoms with van der Waals surface area (Å²) >= 11 is 0. The Bertz CT molecular complexity index is 473. The fraction of sp³-hybridized carbons (Fsp3) is 0.625. The molecular formula is C16H24FN3. The van der Waals surface area contributed by atoms with E-state index in [1.807, 2.05) is 6.07 Å². The average molecular weight is 277 g/mol. The van der Waals surface area contributed by atoms with E-state index in [-0.39, 0.29) is 5.82 Å². The van der Waals surface area contributed by atoms with Gasteiger partial charge in [0.2, 0.25) is 0 Å². The SMILES string of the molecule is CC1CN(C)CCN1c1c(F)cccc1CNC1CC1. The summed E-state index contributed by atoms with van der Waals surface area (Å²) in [5.41, 5.74) is 1.90. The molecule has 0 aromatic heterocycles. The molecule has 2 fully saturated rings. The monoisotopic (exact) mass is 277 g/mol. The highest BCUT2D eigenvalue weighted by Gasteiger charge is 2.27. The van der Waals surface area contributed by atoms with Gasteiger partial charge in [-0.2, -0.15) is 0 Å².